The summed E-state index contributed by atoms with van der Waals surface area (Å²) in [6, 6.07) is 2.09. The van der Waals surface area contributed by atoms with Crippen LogP contribution in [0.5, 0.6) is 11.8 Å². The first-order valence-electron chi connectivity index (χ1n) is 18.7. The molecule has 0 bridgehead atoms. The maximum Gasteiger partial charge on any atom is 0.246 e. The molecule has 5 rings (SSSR count). The molecule has 1 aliphatic heterocycles. The first-order chi connectivity index (χ1) is 25.1. The fourth-order valence-electron chi connectivity index (χ4n) is 6.44. The van der Waals surface area contributed by atoms with Crippen LogP contribution in [0.4, 0.5) is 0 Å². The minimum absolute atomic E-state index is 0.0360. The number of likely N-dealkylation sites (N-methyl/N-ethyl adjacent to an activating group) is 1. The first kappa shape index (κ1) is 41.3. The van der Waals surface area contributed by atoms with Crippen molar-refractivity contribution in [2.75, 3.05) is 40.5 Å². The van der Waals surface area contributed by atoms with Crippen LogP contribution in [0.2, 0.25) is 18.1 Å². The van der Waals surface area contributed by atoms with Crippen LogP contribution in [0.25, 0.3) is 28.2 Å². The smallest absolute Gasteiger partial charge is 0.246 e. The van der Waals surface area contributed by atoms with Crippen LogP contribution in [0.3, 0.4) is 0 Å². The molecule has 1 unspecified atom stereocenters. The molecule has 53 heavy (non-hydrogen) atoms. The highest BCUT2D eigenvalue weighted by atomic mass is 127. The van der Waals surface area contributed by atoms with E-state index in [0.717, 1.165) is 68.7 Å². The molecule has 15 heteroatoms. The number of hydrogen-bond acceptors (Lipinski definition) is 10. The molecule has 1 saturated heterocycles. The number of fused-ring (bicyclic) bond motifs is 1. The van der Waals surface area contributed by atoms with E-state index in [0.29, 0.717) is 44.7 Å². The van der Waals surface area contributed by atoms with Crippen molar-refractivity contribution < 1.29 is 23.4 Å². The molecule has 1 aliphatic rings. The molecule has 0 amide bonds. The van der Waals surface area contributed by atoms with Crippen LogP contribution in [0.15, 0.2) is 18.8 Å². The van der Waals surface area contributed by atoms with Gasteiger partial charge in [0.05, 0.1) is 63.8 Å². The molecule has 0 spiro atoms. The Morgan fingerprint density at radius 3 is 2.58 bits per heavy atom. The molecule has 0 aromatic carbocycles. The van der Waals surface area contributed by atoms with Crippen LogP contribution >= 0.6 is 22.6 Å². The van der Waals surface area contributed by atoms with E-state index in [1.165, 1.54) is 0 Å². The van der Waals surface area contributed by atoms with E-state index in [9.17, 15) is 0 Å². The Morgan fingerprint density at radius 2 is 1.94 bits per heavy atom. The van der Waals surface area contributed by atoms with Gasteiger partial charge < -0.3 is 23.4 Å². The summed E-state index contributed by atoms with van der Waals surface area (Å²) in [5.74, 6) is 1.29. The van der Waals surface area contributed by atoms with Gasteiger partial charge in [0.15, 0.2) is 14.5 Å². The quantitative estimate of drug-likeness (QED) is 0.0764. The van der Waals surface area contributed by atoms with Crippen molar-refractivity contribution in [2.24, 2.45) is 7.05 Å². The summed E-state index contributed by atoms with van der Waals surface area (Å²) in [5.41, 5.74) is 5.06. The highest BCUT2D eigenvalue weighted by Crippen LogP contribution is 2.38. The van der Waals surface area contributed by atoms with Crippen LogP contribution in [0, 0.1) is 3.57 Å². The lowest BCUT2D eigenvalue weighted by molar-refractivity contribution is -0.0367. The van der Waals surface area contributed by atoms with Crippen molar-refractivity contribution in [3.05, 3.63) is 39.5 Å². The van der Waals surface area contributed by atoms with Gasteiger partial charge in [-0.1, -0.05) is 27.4 Å². The van der Waals surface area contributed by atoms with Gasteiger partial charge in [-0.05, 0) is 99.9 Å². The predicted octanol–water partition coefficient (Wildman–Crippen LogP) is 8.00. The molecule has 5 heterocycles. The van der Waals surface area contributed by atoms with E-state index < -0.39 is 8.32 Å². The molecule has 4 aromatic rings. The van der Waals surface area contributed by atoms with Gasteiger partial charge in [-0.2, -0.15) is 10.2 Å². The number of hydrogen-bond donors (Lipinski definition) is 0. The second kappa shape index (κ2) is 17.3. The van der Waals surface area contributed by atoms with Crippen molar-refractivity contribution in [1.29, 1.82) is 0 Å². The minimum Gasteiger partial charge on any atom is -0.476 e. The van der Waals surface area contributed by atoms with Gasteiger partial charge in [-0.3, -0.25) is 14.6 Å². The summed E-state index contributed by atoms with van der Waals surface area (Å²) >= 11 is 2.36. The molecule has 0 N–H and O–H groups in total. The molecular weight excluding hydrogens is 803 g/mol. The average Bonchev–Trinajstić information content (AvgIpc) is 3.74. The minimum atomic E-state index is -1.93. The maximum atomic E-state index is 6.73. The van der Waals surface area contributed by atoms with E-state index in [1.54, 1.807) is 17.9 Å². The third-order valence-corrected chi connectivity index (χ3v) is 15.8. The molecule has 13 nitrogen and oxygen atoms in total. The lowest BCUT2D eigenvalue weighted by Crippen LogP contribution is -2.42. The molecule has 4 aromatic heterocycles. The zero-order chi connectivity index (χ0) is 38.7. The molecule has 292 valence electrons. The summed E-state index contributed by atoms with van der Waals surface area (Å²) in [6.45, 7) is 25.1. The van der Waals surface area contributed by atoms with Gasteiger partial charge in [0.1, 0.15) is 11.8 Å². The largest absolute Gasteiger partial charge is 0.476 e. The fraction of sp³-hybridized carbons (Fsp3) is 0.632. The number of rotatable bonds is 17. The number of aryl methyl sites for hydroxylation is 1. The Kier molecular flexibility index (Phi) is 13.5. The lowest BCUT2D eigenvalue weighted by atomic mass is 10.1. The summed E-state index contributed by atoms with van der Waals surface area (Å²) in [5, 5.41) is 15.7. The summed E-state index contributed by atoms with van der Waals surface area (Å²) < 4.78 is 37.8. The Bertz CT molecular complexity index is 1860. The number of aromatic nitrogens is 7. The Hall–Kier alpha value is -2.83. The number of nitrogens with zero attached hydrogens (tertiary/aromatic N) is 8. The number of methoxy groups -OCH3 is 1. The van der Waals surface area contributed by atoms with E-state index in [1.807, 2.05) is 30.9 Å². The predicted molar refractivity (Wildman–Crippen MR) is 220 cm³/mol. The van der Waals surface area contributed by atoms with Gasteiger partial charge in [0.25, 0.3) is 0 Å². The Labute approximate surface area is 329 Å². The van der Waals surface area contributed by atoms with E-state index in [2.05, 4.69) is 93.5 Å². The normalized spacial score (nSPS) is 16.7. The number of pyridine rings is 1. The molecule has 0 radical (unpaired) electrons. The third kappa shape index (κ3) is 9.18. The van der Waals surface area contributed by atoms with E-state index in [4.69, 9.17) is 43.7 Å². The highest BCUT2D eigenvalue weighted by molar-refractivity contribution is 14.1. The molecule has 1 fully saturated rings. The van der Waals surface area contributed by atoms with Gasteiger partial charge in [-0.25, -0.2) is 9.36 Å². The highest BCUT2D eigenvalue weighted by Gasteiger charge is 2.38. The molecular formula is C38H59IN8O5Si. The summed E-state index contributed by atoms with van der Waals surface area (Å²) in [4.78, 5) is 7.19. The van der Waals surface area contributed by atoms with Gasteiger partial charge in [-0.15, -0.1) is 5.10 Å². The molecule has 0 saturated carbocycles. The second-order valence-corrected chi connectivity index (χ2v) is 21.5. The zero-order valence-corrected chi connectivity index (χ0v) is 36.7. The summed E-state index contributed by atoms with van der Waals surface area (Å²) in [6.07, 6.45) is 6.44. The van der Waals surface area contributed by atoms with Crippen molar-refractivity contribution in [3.63, 3.8) is 0 Å². The van der Waals surface area contributed by atoms with Gasteiger partial charge in [0.2, 0.25) is 11.8 Å². The lowest BCUT2D eigenvalue weighted by Gasteiger charge is -2.37. The standard InChI is InChI=1S/C38H59IN8O5Si/c1-13-28-27-19-29(40-20-31(27)47(42-28)33-17-15-16-18-50-33)34-30(24-48-10)41-45(9)37(34)52-26(4)21-44(8)22-32-35(39)36(49-14-2)43-46(32)25(3)23-51-53(11,12)38(5,6)7/h13,19-20,25-26,33H,1,14-18,21-24H2,2-12H3/t25-,26-,33?/m0/s1. The number of ether oxygens (including phenoxy) is 4. The second-order valence-electron chi connectivity index (χ2n) is 15.6. The third-order valence-electron chi connectivity index (χ3n) is 10.3. The zero-order valence-electron chi connectivity index (χ0n) is 33.5. The average molecular weight is 863 g/mol. The maximum absolute atomic E-state index is 6.73. The Balaban J connectivity index is 1.38. The van der Waals surface area contributed by atoms with Gasteiger partial charge in [0, 0.05) is 39.2 Å². The SMILES string of the molecule is C=Cc1nn(C2CCCCO2)c2cnc(-c3c(COC)nn(C)c3O[C@@H](C)CN(C)Cc3c(I)c(OCC)nn3[C@@H](C)CO[Si](C)(C)C(C)(C)C)cc12. The van der Waals surface area contributed by atoms with E-state index >= 15 is 0 Å². The molecule has 0 aliphatic carbocycles. The van der Waals surface area contributed by atoms with Crippen LogP contribution < -0.4 is 9.47 Å². The van der Waals surface area contributed by atoms with Crippen LogP contribution in [-0.4, -0.2) is 94.2 Å². The fourth-order valence-corrected chi connectivity index (χ4v) is 8.21. The number of halogens is 1. The van der Waals surface area contributed by atoms with E-state index in [-0.39, 0.29) is 23.4 Å². The summed E-state index contributed by atoms with van der Waals surface area (Å²) in [7, 11) is 3.73. The first-order valence-corrected chi connectivity index (χ1v) is 22.6. The monoisotopic (exact) mass is 862 g/mol. The molecule has 3 atom stereocenters. The van der Waals surface area contributed by atoms with Crippen LogP contribution in [0.1, 0.15) is 90.2 Å². The van der Waals surface area contributed by atoms with Crippen LogP contribution in [-0.2, 0) is 34.1 Å². The van der Waals surface area contributed by atoms with Crippen molar-refractivity contribution in [3.8, 4) is 23.0 Å². The van der Waals surface area contributed by atoms with Crippen molar-refractivity contribution >= 4 is 47.9 Å². The Morgan fingerprint density at radius 1 is 1.19 bits per heavy atom. The van der Waals surface area contributed by atoms with Crippen molar-refractivity contribution in [1.82, 2.24) is 39.2 Å². The van der Waals surface area contributed by atoms with Gasteiger partial charge >= 0.3 is 0 Å². The van der Waals surface area contributed by atoms with Crippen molar-refractivity contribution in [2.45, 2.75) is 110 Å². The topological polar surface area (TPSA) is 116 Å².